The maximum atomic E-state index is 12.7. The number of benzene rings is 1. The number of rotatable bonds is 4. The van der Waals surface area contributed by atoms with Crippen LogP contribution in [0.1, 0.15) is 19.8 Å². The molecular formula is C11H12FNO2S. The molecule has 5 heteroatoms. The molecule has 0 radical (unpaired) electrons. The van der Waals surface area contributed by atoms with Crippen molar-refractivity contribution in [2.24, 2.45) is 0 Å². The summed E-state index contributed by atoms with van der Waals surface area (Å²) in [6.45, 7) is 1.71. The molecule has 1 aromatic carbocycles. The van der Waals surface area contributed by atoms with E-state index in [1.807, 2.05) is 6.07 Å². The van der Waals surface area contributed by atoms with E-state index in [9.17, 15) is 12.8 Å². The highest BCUT2D eigenvalue weighted by Gasteiger charge is 2.25. The van der Waals surface area contributed by atoms with E-state index in [0.717, 1.165) is 12.1 Å². The Morgan fingerprint density at radius 2 is 1.94 bits per heavy atom. The van der Waals surface area contributed by atoms with Crippen LogP contribution in [0.25, 0.3) is 0 Å². The number of sulfone groups is 1. The lowest BCUT2D eigenvalue weighted by atomic mass is 10.3. The smallest absolute Gasteiger partial charge is 0.182 e. The van der Waals surface area contributed by atoms with Crippen LogP contribution in [0, 0.1) is 17.1 Å². The number of nitriles is 1. The highest BCUT2D eigenvalue weighted by atomic mass is 32.2. The lowest BCUT2D eigenvalue weighted by Gasteiger charge is -2.12. The first-order valence-corrected chi connectivity index (χ1v) is 6.43. The molecule has 16 heavy (non-hydrogen) atoms. The Labute approximate surface area is 94.4 Å². The largest absolute Gasteiger partial charge is 0.223 e. The minimum absolute atomic E-state index is 0.0454. The molecule has 1 atom stereocenters. The molecule has 1 unspecified atom stereocenters. The van der Waals surface area contributed by atoms with Gasteiger partial charge in [0.25, 0.3) is 0 Å². The summed E-state index contributed by atoms with van der Waals surface area (Å²) in [4.78, 5) is 0.0657. The molecule has 0 aromatic heterocycles. The number of halogens is 1. The summed E-state index contributed by atoms with van der Waals surface area (Å²) < 4.78 is 36.6. The highest BCUT2D eigenvalue weighted by molar-refractivity contribution is 7.92. The summed E-state index contributed by atoms with van der Waals surface area (Å²) in [5.74, 6) is -0.479. The topological polar surface area (TPSA) is 57.9 Å². The van der Waals surface area contributed by atoms with E-state index < -0.39 is 20.9 Å². The number of hydrogen-bond donors (Lipinski definition) is 0. The predicted molar refractivity (Wildman–Crippen MR) is 57.9 cm³/mol. The van der Waals surface area contributed by atoms with E-state index in [0.29, 0.717) is 6.42 Å². The van der Waals surface area contributed by atoms with Crippen molar-refractivity contribution in [2.75, 3.05) is 0 Å². The molecule has 0 aliphatic heterocycles. The van der Waals surface area contributed by atoms with Crippen molar-refractivity contribution >= 4 is 9.84 Å². The van der Waals surface area contributed by atoms with Crippen LogP contribution in [0.4, 0.5) is 4.39 Å². The molecule has 0 N–H and O–H groups in total. The third-order valence-electron chi connectivity index (χ3n) is 2.36. The summed E-state index contributed by atoms with van der Waals surface area (Å²) in [5.41, 5.74) is 0. The van der Waals surface area contributed by atoms with Gasteiger partial charge in [0.1, 0.15) is 5.82 Å². The Hall–Kier alpha value is -1.41. The van der Waals surface area contributed by atoms with Crippen molar-refractivity contribution in [1.82, 2.24) is 0 Å². The van der Waals surface area contributed by atoms with Crippen molar-refractivity contribution in [3.63, 3.8) is 0 Å². The van der Waals surface area contributed by atoms with Gasteiger partial charge in [0, 0.05) is 0 Å². The van der Waals surface area contributed by atoms with Gasteiger partial charge in [-0.15, -0.1) is 0 Å². The first-order valence-electron chi connectivity index (χ1n) is 4.88. The monoisotopic (exact) mass is 241 g/mol. The molecule has 1 aromatic rings. The first kappa shape index (κ1) is 12.7. The predicted octanol–water partition coefficient (Wildman–Crippen LogP) is 2.29. The summed E-state index contributed by atoms with van der Waals surface area (Å²) in [7, 11) is -3.52. The SMILES string of the molecule is CCC(CC#N)S(=O)(=O)c1ccc(F)cc1. The van der Waals surface area contributed by atoms with Crippen LogP contribution >= 0.6 is 0 Å². The van der Waals surface area contributed by atoms with Gasteiger partial charge < -0.3 is 0 Å². The summed E-state index contributed by atoms with van der Waals surface area (Å²) in [5, 5.41) is 7.83. The Bertz CT molecular complexity index is 488. The lowest BCUT2D eigenvalue weighted by Crippen LogP contribution is -2.20. The second-order valence-electron chi connectivity index (χ2n) is 3.39. The molecule has 0 aliphatic carbocycles. The summed E-state index contributed by atoms with van der Waals surface area (Å²) in [6, 6.07) is 6.51. The van der Waals surface area contributed by atoms with Crippen molar-refractivity contribution < 1.29 is 12.8 Å². The second kappa shape index (κ2) is 5.08. The molecule has 3 nitrogen and oxygen atoms in total. The molecule has 1 rings (SSSR count). The van der Waals surface area contributed by atoms with E-state index in [2.05, 4.69) is 0 Å². The van der Waals surface area contributed by atoms with E-state index in [1.165, 1.54) is 12.1 Å². The Kier molecular flexibility index (Phi) is 4.02. The van der Waals surface area contributed by atoms with Crippen LogP contribution in [0.3, 0.4) is 0 Å². The van der Waals surface area contributed by atoms with Gasteiger partial charge >= 0.3 is 0 Å². The minimum atomic E-state index is -3.52. The van der Waals surface area contributed by atoms with E-state index in [4.69, 9.17) is 5.26 Å². The third-order valence-corrected chi connectivity index (χ3v) is 4.66. The molecule has 0 amide bonds. The molecular weight excluding hydrogens is 229 g/mol. The Balaban J connectivity index is 3.10. The molecule has 86 valence electrons. The normalized spacial score (nSPS) is 13.1. The lowest BCUT2D eigenvalue weighted by molar-refractivity contribution is 0.575. The third kappa shape index (κ3) is 2.58. The molecule has 0 bridgehead atoms. The quantitative estimate of drug-likeness (QED) is 0.760. The van der Waals surface area contributed by atoms with Gasteiger partial charge in [0.2, 0.25) is 0 Å². The summed E-state index contributed by atoms with van der Waals surface area (Å²) in [6.07, 6.45) is 0.323. The van der Waals surface area contributed by atoms with Gasteiger partial charge in [-0.25, -0.2) is 12.8 Å². The van der Waals surface area contributed by atoms with Gasteiger partial charge in [0.15, 0.2) is 9.84 Å². The van der Waals surface area contributed by atoms with Crippen LogP contribution in [-0.4, -0.2) is 13.7 Å². The maximum Gasteiger partial charge on any atom is 0.182 e. The van der Waals surface area contributed by atoms with E-state index in [1.54, 1.807) is 6.92 Å². The van der Waals surface area contributed by atoms with Crippen LogP contribution in [0.5, 0.6) is 0 Å². The van der Waals surface area contributed by atoms with Crippen molar-refractivity contribution in [3.8, 4) is 6.07 Å². The van der Waals surface area contributed by atoms with Crippen molar-refractivity contribution in [1.29, 1.82) is 5.26 Å². The minimum Gasteiger partial charge on any atom is -0.223 e. The van der Waals surface area contributed by atoms with Crippen molar-refractivity contribution in [3.05, 3.63) is 30.1 Å². The zero-order valence-electron chi connectivity index (χ0n) is 8.85. The maximum absolute atomic E-state index is 12.7. The Morgan fingerprint density at radius 3 is 2.38 bits per heavy atom. The number of hydrogen-bond acceptors (Lipinski definition) is 3. The Morgan fingerprint density at radius 1 is 1.38 bits per heavy atom. The second-order valence-corrected chi connectivity index (χ2v) is 5.62. The standard InChI is InChI=1S/C11H12FNO2S/c1-2-10(7-8-13)16(14,15)11-5-3-9(12)4-6-11/h3-6,10H,2,7H2,1H3. The summed E-state index contributed by atoms with van der Waals surface area (Å²) >= 11 is 0. The van der Waals surface area contributed by atoms with Crippen LogP contribution in [0.2, 0.25) is 0 Å². The fourth-order valence-electron chi connectivity index (χ4n) is 1.39. The fraction of sp³-hybridized carbons (Fsp3) is 0.364. The van der Waals surface area contributed by atoms with Crippen molar-refractivity contribution in [2.45, 2.75) is 29.9 Å². The zero-order valence-corrected chi connectivity index (χ0v) is 9.67. The molecule has 0 aliphatic rings. The molecule has 0 saturated carbocycles. The average molecular weight is 241 g/mol. The van der Waals surface area contributed by atoms with Gasteiger partial charge in [-0.05, 0) is 30.7 Å². The number of nitrogens with zero attached hydrogens (tertiary/aromatic N) is 1. The van der Waals surface area contributed by atoms with Gasteiger partial charge in [-0.1, -0.05) is 6.92 Å². The zero-order chi connectivity index (χ0) is 12.2. The van der Waals surface area contributed by atoms with E-state index >= 15 is 0 Å². The first-order chi connectivity index (χ1) is 7.52. The highest BCUT2D eigenvalue weighted by Crippen LogP contribution is 2.20. The van der Waals surface area contributed by atoms with Crippen LogP contribution < -0.4 is 0 Å². The molecule has 0 spiro atoms. The molecule has 0 heterocycles. The molecule has 0 saturated heterocycles. The van der Waals surface area contributed by atoms with E-state index in [-0.39, 0.29) is 11.3 Å². The van der Waals surface area contributed by atoms with Gasteiger partial charge in [-0.3, -0.25) is 0 Å². The van der Waals surface area contributed by atoms with Gasteiger partial charge in [0.05, 0.1) is 22.6 Å². The fourth-order valence-corrected chi connectivity index (χ4v) is 3.03. The van der Waals surface area contributed by atoms with Crippen LogP contribution in [0.15, 0.2) is 29.2 Å². The van der Waals surface area contributed by atoms with Crippen LogP contribution in [-0.2, 0) is 9.84 Å². The van der Waals surface area contributed by atoms with Gasteiger partial charge in [-0.2, -0.15) is 5.26 Å². The average Bonchev–Trinajstić information content (AvgIpc) is 2.26. The molecule has 0 fully saturated rings.